The second kappa shape index (κ2) is 5.76. The number of hydrogen-bond acceptors (Lipinski definition) is 4. The summed E-state index contributed by atoms with van der Waals surface area (Å²) >= 11 is 0. The van der Waals surface area contributed by atoms with Crippen LogP contribution in [0.5, 0.6) is 0 Å². The second-order valence-electron chi connectivity index (χ2n) is 4.90. The fraction of sp³-hybridized carbons (Fsp3) is 0.357. The maximum absolute atomic E-state index is 12.3. The van der Waals surface area contributed by atoms with Crippen LogP contribution in [-0.4, -0.2) is 19.4 Å². The maximum atomic E-state index is 12.3. The lowest BCUT2D eigenvalue weighted by molar-refractivity contribution is 0.544. The van der Waals surface area contributed by atoms with E-state index in [1.54, 1.807) is 30.3 Å². The van der Waals surface area contributed by atoms with E-state index in [1.165, 1.54) is 0 Å². The van der Waals surface area contributed by atoms with Gasteiger partial charge in [-0.3, -0.25) is 0 Å². The van der Waals surface area contributed by atoms with Gasteiger partial charge in [-0.1, -0.05) is 13.3 Å². The molecule has 1 unspecified atom stereocenters. The van der Waals surface area contributed by atoms with Crippen LogP contribution in [0.15, 0.2) is 35.2 Å². The normalized spacial score (nSPS) is 13.5. The molecular weight excluding hydrogens is 274 g/mol. The van der Waals surface area contributed by atoms with E-state index in [0.717, 1.165) is 18.2 Å². The number of pyridine rings is 1. The lowest BCUT2D eigenvalue weighted by Gasteiger charge is -2.13. The zero-order valence-electron chi connectivity index (χ0n) is 11.6. The van der Waals surface area contributed by atoms with E-state index in [1.807, 2.05) is 13.8 Å². The highest BCUT2D eigenvalue weighted by atomic mass is 32.2. The molecule has 1 aromatic heterocycles. The number of sulfonamides is 1. The van der Waals surface area contributed by atoms with E-state index in [2.05, 4.69) is 9.71 Å². The van der Waals surface area contributed by atoms with Crippen molar-refractivity contribution in [1.82, 2.24) is 9.71 Å². The monoisotopic (exact) mass is 293 g/mol. The molecule has 3 N–H and O–H groups in total. The molecule has 0 bridgehead atoms. The minimum atomic E-state index is -3.49. The Bertz CT molecular complexity index is 713. The molecule has 0 amide bonds. The number of anilines is 1. The number of nitrogen functional groups attached to an aromatic ring is 1. The Kier molecular flexibility index (Phi) is 4.25. The summed E-state index contributed by atoms with van der Waals surface area (Å²) in [5.74, 6) is 0.419. The molecule has 5 nitrogen and oxygen atoms in total. The van der Waals surface area contributed by atoms with Crippen LogP contribution in [0.3, 0.4) is 0 Å². The van der Waals surface area contributed by atoms with Crippen LogP contribution in [-0.2, 0) is 10.0 Å². The molecule has 1 heterocycles. The van der Waals surface area contributed by atoms with Crippen molar-refractivity contribution in [2.45, 2.75) is 37.6 Å². The van der Waals surface area contributed by atoms with Gasteiger partial charge in [0.25, 0.3) is 0 Å². The molecular formula is C14H19N3O2S. The molecule has 0 spiro atoms. The number of nitrogens with one attached hydrogen (secondary N) is 1. The third-order valence-electron chi connectivity index (χ3n) is 3.07. The highest BCUT2D eigenvalue weighted by molar-refractivity contribution is 7.89. The number of benzene rings is 1. The zero-order valence-corrected chi connectivity index (χ0v) is 12.4. The molecule has 6 heteroatoms. The second-order valence-corrected chi connectivity index (χ2v) is 6.62. The molecule has 2 rings (SSSR count). The minimum Gasteiger partial charge on any atom is -0.384 e. The summed E-state index contributed by atoms with van der Waals surface area (Å²) < 4.78 is 27.2. The number of hydrogen-bond donors (Lipinski definition) is 2. The SMILES string of the molecule is CCCC(C)NS(=O)(=O)c1ccc2nc(N)ccc2c1. The minimum absolute atomic E-state index is 0.0785. The largest absolute Gasteiger partial charge is 0.384 e. The highest BCUT2D eigenvalue weighted by Gasteiger charge is 2.17. The molecule has 0 saturated carbocycles. The third-order valence-corrected chi connectivity index (χ3v) is 4.66. The molecule has 0 saturated heterocycles. The first-order valence-corrected chi connectivity index (χ1v) is 8.09. The van der Waals surface area contributed by atoms with Crippen LogP contribution in [0, 0.1) is 0 Å². The highest BCUT2D eigenvalue weighted by Crippen LogP contribution is 2.19. The van der Waals surface area contributed by atoms with Gasteiger partial charge in [-0.05, 0) is 43.7 Å². The van der Waals surface area contributed by atoms with Crippen molar-refractivity contribution >= 4 is 26.7 Å². The summed E-state index contributed by atoms with van der Waals surface area (Å²) in [5, 5.41) is 0.755. The van der Waals surface area contributed by atoms with Gasteiger partial charge in [0.1, 0.15) is 5.82 Å². The summed E-state index contributed by atoms with van der Waals surface area (Å²) in [6.07, 6.45) is 1.75. The fourth-order valence-electron chi connectivity index (χ4n) is 2.11. The maximum Gasteiger partial charge on any atom is 0.240 e. The van der Waals surface area contributed by atoms with Gasteiger partial charge in [-0.25, -0.2) is 18.1 Å². The zero-order chi connectivity index (χ0) is 14.8. The van der Waals surface area contributed by atoms with Gasteiger partial charge in [-0.15, -0.1) is 0 Å². The first-order chi connectivity index (χ1) is 9.42. The molecule has 0 aliphatic rings. The van der Waals surface area contributed by atoms with Crippen LogP contribution in [0.4, 0.5) is 5.82 Å². The van der Waals surface area contributed by atoms with Crippen molar-refractivity contribution in [3.8, 4) is 0 Å². The molecule has 20 heavy (non-hydrogen) atoms. The van der Waals surface area contributed by atoms with Crippen LogP contribution in [0.1, 0.15) is 26.7 Å². The van der Waals surface area contributed by atoms with E-state index in [9.17, 15) is 8.42 Å². The van der Waals surface area contributed by atoms with E-state index in [-0.39, 0.29) is 10.9 Å². The lowest BCUT2D eigenvalue weighted by Crippen LogP contribution is -2.32. The quantitative estimate of drug-likeness (QED) is 0.885. The van der Waals surface area contributed by atoms with E-state index in [0.29, 0.717) is 11.3 Å². The van der Waals surface area contributed by atoms with Crippen molar-refractivity contribution in [2.75, 3.05) is 5.73 Å². The Hall–Kier alpha value is -1.66. The Labute approximate surface area is 119 Å². The number of nitrogens with zero attached hydrogens (tertiary/aromatic N) is 1. The van der Waals surface area contributed by atoms with Gasteiger partial charge >= 0.3 is 0 Å². The number of fused-ring (bicyclic) bond motifs is 1. The van der Waals surface area contributed by atoms with Crippen LogP contribution in [0.2, 0.25) is 0 Å². The van der Waals surface area contributed by atoms with Gasteiger partial charge in [0.05, 0.1) is 10.4 Å². The molecule has 1 aromatic carbocycles. The van der Waals surface area contributed by atoms with Crippen molar-refractivity contribution in [1.29, 1.82) is 0 Å². The summed E-state index contributed by atoms with van der Waals surface area (Å²) in [7, 11) is -3.49. The molecule has 0 aliphatic carbocycles. The molecule has 108 valence electrons. The van der Waals surface area contributed by atoms with Crippen molar-refractivity contribution in [3.63, 3.8) is 0 Å². The van der Waals surface area contributed by atoms with Crippen LogP contribution >= 0.6 is 0 Å². The van der Waals surface area contributed by atoms with Crippen LogP contribution < -0.4 is 10.5 Å². The molecule has 0 aliphatic heterocycles. The standard InChI is InChI=1S/C14H19N3O2S/c1-3-4-10(2)17-20(18,19)12-6-7-13-11(9-12)5-8-14(15)16-13/h5-10,17H,3-4H2,1-2H3,(H2,15,16). The van der Waals surface area contributed by atoms with Gasteiger partial charge in [0.15, 0.2) is 0 Å². The number of aromatic nitrogens is 1. The first-order valence-electron chi connectivity index (χ1n) is 6.61. The average molecular weight is 293 g/mol. The summed E-state index contributed by atoms with van der Waals surface area (Å²) in [5.41, 5.74) is 6.29. The third kappa shape index (κ3) is 3.26. The van der Waals surface area contributed by atoms with Gasteiger partial charge in [0.2, 0.25) is 10.0 Å². The predicted octanol–water partition coefficient (Wildman–Crippen LogP) is 2.28. The summed E-state index contributed by atoms with van der Waals surface area (Å²) in [4.78, 5) is 4.40. The summed E-state index contributed by atoms with van der Waals surface area (Å²) in [6, 6.07) is 8.19. The lowest BCUT2D eigenvalue weighted by atomic mass is 10.2. The number of rotatable bonds is 5. The van der Waals surface area contributed by atoms with Gasteiger partial charge in [-0.2, -0.15) is 0 Å². The first kappa shape index (κ1) is 14.7. The average Bonchev–Trinajstić information content (AvgIpc) is 2.37. The van der Waals surface area contributed by atoms with E-state index in [4.69, 9.17) is 5.73 Å². The Morgan fingerprint density at radius 3 is 2.75 bits per heavy atom. The molecule has 0 fully saturated rings. The van der Waals surface area contributed by atoms with Gasteiger partial charge in [0, 0.05) is 11.4 Å². The van der Waals surface area contributed by atoms with Crippen molar-refractivity contribution < 1.29 is 8.42 Å². The smallest absolute Gasteiger partial charge is 0.240 e. The Morgan fingerprint density at radius 2 is 2.05 bits per heavy atom. The fourth-order valence-corrected chi connectivity index (χ4v) is 3.42. The van der Waals surface area contributed by atoms with Gasteiger partial charge < -0.3 is 5.73 Å². The molecule has 1 atom stereocenters. The van der Waals surface area contributed by atoms with E-state index >= 15 is 0 Å². The molecule has 2 aromatic rings. The Morgan fingerprint density at radius 1 is 1.30 bits per heavy atom. The molecule has 0 radical (unpaired) electrons. The van der Waals surface area contributed by atoms with Crippen molar-refractivity contribution in [3.05, 3.63) is 30.3 Å². The summed E-state index contributed by atoms with van der Waals surface area (Å²) in [6.45, 7) is 3.89. The van der Waals surface area contributed by atoms with Crippen LogP contribution in [0.25, 0.3) is 10.9 Å². The Balaban J connectivity index is 2.34. The number of nitrogens with two attached hydrogens (primary N) is 1. The van der Waals surface area contributed by atoms with E-state index < -0.39 is 10.0 Å². The predicted molar refractivity (Wildman–Crippen MR) is 80.8 cm³/mol. The van der Waals surface area contributed by atoms with Crippen molar-refractivity contribution in [2.24, 2.45) is 0 Å². The topological polar surface area (TPSA) is 85.1 Å².